The van der Waals surface area contributed by atoms with Crippen molar-refractivity contribution < 1.29 is 18.7 Å². The minimum Gasteiger partial charge on any atom is -0.493 e. The summed E-state index contributed by atoms with van der Waals surface area (Å²) in [6, 6.07) is 9.95. The fourth-order valence-electron chi connectivity index (χ4n) is 2.30. The first-order valence-electron chi connectivity index (χ1n) is 7.46. The number of thiocarbonyl (C=S) groups is 1. The van der Waals surface area contributed by atoms with Crippen LogP contribution >= 0.6 is 39.9 Å². The van der Waals surface area contributed by atoms with Gasteiger partial charge in [0.1, 0.15) is 16.7 Å². The van der Waals surface area contributed by atoms with Crippen molar-refractivity contribution in [3.63, 3.8) is 0 Å². The number of ether oxygens (including phenoxy) is 2. The van der Waals surface area contributed by atoms with Gasteiger partial charge in [0.2, 0.25) is 0 Å². The second-order valence-corrected chi connectivity index (χ2v) is 7.84. The quantitative estimate of drug-likeness (QED) is 0.526. The number of carbonyl (C=O) groups is 1. The predicted molar refractivity (Wildman–Crippen MR) is 108 cm³/mol. The Morgan fingerprint density at radius 1 is 1.35 bits per heavy atom. The maximum Gasteiger partial charge on any atom is 0.263 e. The van der Waals surface area contributed by atoms with Gasteiger partial charge in [-0.2, -0.15) is 0 Å². The summed E-state index contributed by atoms with van der Waals surface area (Å²) in [6.45, 7) is 0.0641. The molecule has 0 saturated carbocycles. The van der Waals surface area contributed by atoms with Gasteiger partial charge in [-0.15, -0.1) is 0 Å². The number of hydrogen-bond donors (Lipinski definition) is 1. The molecular weight excluding hydrogens is 441 g/mol. The third-order valence-electron chi connectivity index (χ3n) is 3.52. The van der Waals surface area contributed by atoms with Crippen molar-refractivity contribution >= 4 is 56.2 Å². The van der Waals surface area contributed by atoms with Crippen LogP contribution in [0.1, 0.15) is 11.1 Å². The van der Waals surface area contributed by atoms with E-state index in [-0.39, 0.29) is 18.3 Å². The highest BCUT2D eigenvalue weighted by molar-refractivity contribution is 9.10. The Bertz CT molecular complexity index is 917. The van der Waals surface area contributed by atoms with Crippen molar-refractivity contribution in [1.29, 1.82) is 0 Å². The number of benzene rings is 2. The largest absolute Gasteiger partial charge is 0.493 e. The first kappa shape index (κ1) is 18.9. The number of rotatable bonds is 5. The lowest BCUT2D eigenvalue weighted by molar-refractivity contribution is -0.115. The first-order chi connectivity index (χ1) is 12.5. The summed E-state index contributed by atoms with van der Waals surface area (Å²) in [7, 11) is 1.51. The van der Waals surface area contributed by atoms with Crippen molar-refractivity contribution in [3.05, 3.63) is 62.7 Å². The maximum atomic E-state index is 13.8. The van der Waals surface area contributed by atoms with Crippen LogP contribution in [0.4, 0.5) is 4.39 Å². The average Bonchev–Trinajstić information content (AvgIpc) is 2.92. The lowest BCUT2D eigenvalue weighted by Gasteiger charge is -2.14. The Balaban J connectivity index is 1.86. The molecule has 1 heterocycles. The molecule has 2 aromatic rings. The minimum atomic E-state index is -0.329. The van der Waals surface area contributed by atoms with Crippen molar-refractivity contribution in [2.45, 2.75) is 6.61 Å². The zero-order valence-corrected chi connectivity index (χ0v) is 16.8. The van der Waals surface area contributed by atoms with Gasteiger partial charge in [0, 0.05) is 5.56 Å². The molecule has 3 rings (SSSR count). The number of halogens is 2. The molecule has 0 radical (unpaired) electrons. The molecule has 0 spiro atoms. The summed E-state index contributed by atoms with van der Waals surface area (Å²) in [5.41, 5.74) is 1.19. The summed E-state index contributed by atoms with van der Waals surface area (Å²) < 4.78 is 25.9. The zero-order chi connectivity index (χ0) is 18.7. The van der Waals surface area contributed by atoms with Crippen LogP contribution in [0.2, 0.25) is 0 Å². The third-order valence-corrected chi connectivity index (χ3v) is 5.27. The fourth-order valence-corrected chi connectivity index (χ4v) is 3.92. The number of amides is 1. The Hall–Kier alpha value is -1.90. The Labute approximate surface area is 167 Å². The van der Waals surface area contributed by atoms with Gasteiger partial charge < -0.3 is 14.8 Å². The Kier molecular flexibility index (Phi) is 5.95. The lowest BCUT2D eigenvalue weighted by atomic mass is 10.1. The van der Waals surface area contributed by atoms with E-state index in [0.29, 0.717) is 30.8 Å². The fraction of sp³-hybridized carbons (Fsp3) is 0.111. The molecule has 4 nitrogen and oxygen atoms in total. The molecule has 1 saturated heterocycles. The summed E-state index contributed by atoms with van der Waals surface area (Å²) in [5, 5.41) is 2.57. The molecule has 1 aliphatic heterocycles. The highest BCUT2D eigenvalue weighted by atomic mass is 79.9. The molecule has 1 aliphatic rings. The third kappa shape index (κ3) is 4.25. The smallest absolute Gasteiger partial charge is 0.263 e. The summed E-state index contributed by atoms with van der Waals surface area (Å²) in [5.74, 6) is 0.365. The summed E-state index contributed by atoms with van der Waals surface area (Å²) in [6.07, 6.45) is 1.72. The molecule has 0 unspecified atom stereocenters. The normalized spacial score (nSPS) is 15.3. The monoisotopic (exact) mass is 453 g/mol. The first-order valence-corrected chi connectivity index (χ1v) is 9.48. The van der Waals surface area contributed by atoms with Crippen molar-refractivity contribution in [3.8, 4) is 11.5 Å². The van der Waals surface area contributed by atoms with E-state index in [1.54, 1.807) is 36.4 Å². The molecule has 1 N–H and O–H groups in total. The van der Waals surface area contributed by atoms with Crippen LogP contribution < -0.4 is 14.8 Å². The van der Waals surface area contributed by atoms with E-state index in [9.17, 15) is 9.18 Å². The van der Waals surface area contributed by atoms with Crippen LogP contribution in [0, 0.1) is 5.82 Å². The second-order valence-electron chi connectivity index (χ2n) is 5.27. The number of nitrogens with one attached hydrogen (secondary N) is 1. The molecule has 26 heavy (non-hydrogen) atoms. The summed E-state index contributed by atoms with van der Waals surface area (Å²) in [4.78, 5) is 12.3. The SMILES string of the molecule is COc1cc(/C=C2\SC(=S)NC2=O)cc(Br)c1OCc1ccccc1F. The van der Waals surface area contributed by atoms with Crippen molar-refractivity contribution in [1.82, 2.24) is 5.32 Å². The standard InChI is InChI=1S/C18H13BrFNO3S2/c1-23-14-7-10(8-15-17(22)21-18(25)26-15)6-12(19)16(14)24-9-11-4-2-3-5-13(11)20/h2-8H,9H2,1H3,(H,21,22,25)/b15-8-. The van der Waals surface area contributed by atoms with Gasteiger partial charge in [0.15, 0.2) is 11.5 Å². The van der Waals surface area contributed by atoms with Gasteiger partial charge in [0.25, 0.3) is 5.91 Å². The van der Waals surface area contributed by atoms with E-state index >= 15 is 0 Å². The lowest BCUT2D eigenvalue weighted by Crippen LogP contribution is -2.17. The number of hydrogen-bond acceptors (Lipinski definition) is 5. The molecule has 0 aromatic heterocycles. The van der Waals surface area contributed by atoms with Gasteiger partial charge in [-0.05, 0) is 45.8 Å². The van der Waals surface area contributed by atoms with Gasteiger partial charge in [-0.3, -0.25) is 4.79 Å². The van der Waals surface area contributed by atoms with E-state index in [0.717, 1.165) is 5.56 Å². The highest BCUT2D eigenvalue weighted by Gasteiger charge is 2.22. The van der Waals surface area contributed by atoms with Crippen LogP contribution in [0.3, 0.4) is 0 Å². The van der Waals surface area contributed by atoms with Gasteiger partial charge >= 0.3 is 0 Å². The molecule has 2 aromatic carbocycles. The number of methoxy groups -OCH3 is 1. The van der Waals surface area contributed by atoms with Crippen LogP contribution in [-0.2, 0) is 11.4 Å². The van der Waals surface area contributed by atoms with Crippen LogP contribution in [0.15, 0.2) is 45.8 Å². The second kappa shape index (κ2) is 8.20. The maximum absolute atomic E-state index is 13.8. The van der Waals surface area contributed by atoms with Crippen LogP contribution in [-0.4, -0.2) is 17.3 Å². The Morgan fingerprint density at radius 3 is 2.77 bits per heavy atom. The van der Waals surface area contributed by atoms with Crippen molar-refractivity contribution in [2.75, 3.05) is 7.11 Å². The van der Waals surface area contributed by atoms with E-state index in [1.807, 2.05) is 0 Å². The van der Waals surface area contributed by atoms with E-state index < -0.39 is 0 Å². The molecule has 1 fully saturated rings. The molecule has 1 amide bonds. The van der Waals surface area contributed by atoms with Gasteiger partial charge in [0.05, 0.1) is 16.5 Å². The molecule has 8 heteroatoms. The molecule has 0 aliphatic carbocycles. The van der Waals surface area contributed by atoms with E-state index in [2.05, 4.69) is 21.2 Å². The number of thioether (sulfide) groups is 1. The van der Waals surface area contributed by atoms with E-state index in [1.165, 1.54) is 24.9 Å². The van der Waals surface area contributed by atoms with Crippen LogP contribution in [0.5, 0.6) is 11.5 Å². The zero-order valence-electron chi connectivity index (χ0n) is 13.5. The van der Waals surface area contributed by atoms with Gasteiger partial charge in [-0.1, -0.05) is 42.2 Å². The van der Waals surface area contributed by atoms with Crippen LogP contribution in [0.25, 0.3) is 6.08 Å². The molecular formula is C18H13BrFNO3S2. The average molecular weight is 454 g/mol. The van der Waals surface area contributed by atoms with Gasteiger partial charge in [-0.25, -0.2) is 4.39 Å². The number of carbonyl (C=O) groups excluding carboxylic acids is 1. The molecule has 134 valence electrons. The van der Waals surface area contributed by atoms with Crippen molar-refractivity contribution in [2.24, 2.45) is 0 Å². The molecule has 0 atom stereocenters. The summed E-state index contributed by atoms with van der Waals surface area (Å²) >= 11 is 9.63. The Morgan fingerprint density at radius 2 is 2.12 bits per heavy atom. The highest BCUT2D eigenvalue weighted by Crippen LogP contribution is 2.38. The predicted octanol–water partition coefficient (Wildman–Crippen LogP) is 4.66. The molecule has 0 bridgehead atoms. The van der Waals surface area contributed by atoms with E-state index in [4.69, 9.17) is 21.7 Å². The minimum absolute atomic E-state index is 0.0641. The topological polar surface area (TPSA) is 47.6 Å².